The Morgan fingerprint density at radius 3 is 1.03 bits per heavy atom. The molecule has 76 heavy (non-hydrogen) atoms. The second kappa shape index (κ2) is 23.1. The van der Waals surface area contributed by atoms with Crippen LogP contribution >= 0.6 is 0 Å². The molecule has 0 aromatic heterocycles. The van der Waals surface area contributed by atoms with Gasteiger partial charge in [0, 0.05) is 0 Å². The summed E-state index contributed by atoms with van der Waals surface area (Å²) < 4.78 is 193. The van der Waals surface area contributed by atoms with Crippen LogP contribution in [0.25, 0.3) is 0 Å². The number of fused-ring (bicyclic) bond motifs is 6. The van der Waals surface area contributed by atoms with Gasteiger partial charge in [-0.15, -0.1) is 0 Å². The highest BCUT2D eigenvalue weighted by molar-refractivity contribution is 7.81. The molecule has 30 atom stereocenters. The minimum atomic E-state index is -5.50. The lowest BCUT2D eigenvalue weighted by atomic mass is 9.96. The van der Waals surface area contributed by atoms with Crippen molar-refractivity contribution in [2.24, 2.45) is 0 Å². The van der Waals surface area contributed by atoms with Crippen molar-refractivity contribution in [3.05, 3.63) is 0 Å². The first-order valence-corrected chi connectivity index (χ1v) is 27.1. The van der Waals surface area contributed by atoms with Crippen LogP contribution < -0.4 is 0 Å². The summed E-state index contributed by atoms with van der Waals surface area (Å²) in [6, 6.07) is 0. The van der Waals surface area contributed by atoms with E-state index in [4.69, 9.17) is 74.7 Å². The van der Waals surface area contributed by atoms with Crippen molar-refractivity contribution in [1.82, 2.24) is 0 Å². The molecule has 0 radical (unpaired) electrons. The molecule has 9 aliphatic heterocycles. The third-order valence-electron chi connectivity index (χ3n) is 13.8. The molecule has 0 saturated carbocycles. The molecule has 9 heterocycles. The Morgan fingerprint density at radius 2 is 0.645 bits per heavy atom. The molecule has 0 aromatic carbocycles. The van der Waals surface area contributed by atoms with Crippen LogP contribution in [0.2, 0.25) is 0 Å². The number of ether oxygens (including phenoxy) is 14. The average molecular weight is 1180 g/mol. The van der Waals surface area contributed by atoms with E-state index in [1.165, 1.54) is 0 Å². The normalized spacial score (nSPS) is 50.8. The van der Waals surface area contributed by atoms with Gasteiger partial charge in [-0.2, -0.15) is 25.3 Å². The van der Waals surface area contributed by atoms with E-state index in [9.17, 15) is 95.1 Å². The molecule has 9 rings (SSSR count). The van der Waals surface area contributed by atoms with Gasteiger partial charge in [0.1, 0.15) is 146 Å². The van der Waals surface area contributed by atoms with Gasteiger partial charge in [-0.3, -0.25) is 13.7 Å². The van der Waals surface area contributed by atoms with E-state index in [1.54, 1.807) is 0 Å². The molecule has 9 saturated heterocycles. The first kappa shape index (κ1) is 59.2. The van der Waals surface area contributed by atoms with E-state index in [2.05, 4.69) is 4.18 Å². The van der Waals surface area contributed by atoms with E-state index >= 15 is 0 Å². The molecule has 440 valence electrons. The summed E-state index contributed by atoms with van der Waals surface area (Å²) in [4.78, 5) is 0. The lowest BCUT2D eigenvalue weighted by Gasteiger charge is -2.48. The van der Waals surface area contributed by atoms with Gasteiger partial charge >= 0.3 is 31.2 Å². The van der Waals surface area contributed by atoms with Crippen molar-refractivity contribution in [1.29, 1.82) is 0 Å². The van der Waals surface area contributed by atoms with Gasteiger partial charge in [0.2, 0.25) is 0 Å². The molecule has 14 N–H and O–H groups in total. The van der Waals surface area contributed by atoms with Crippen LogP contribution in [-0.4, -0.2) is 319 Å². The van der Waals surface area contributed by atoms with Crippen molar-refractivity contribution in [2.75, 3.05) is 39.6 Å². The van der Waals surface area contributed by atoms with Crippen molar-refractivity contribution in [3.63, 3.8) is 0 Å². The molecule has 6 bridgehead atoms. The topological polar surface area (TPSA) is 543 Å². The molecule has 40 heteroatoms. The smallest absolute Gasteiger partial charge is 0.394 e. The van der Waals surface area contributed by atoms with Crippen LogP contribution in [0, 0.1) is 0 Å². The predicted molar refractivity (Wildman–Crippen MR) is 220 cm³/mol. The molecule has 1 unspecified atom stereocenters. The predicted octanol–water partition coefficient (Wildman–Crippen LogP) is -11.5. The third kappa shape index (κ3) is 12.2. The fourth-order valence-corrected chi connectivity index (χ4v) is 11.9. The third-order valence-corrected chi connectivity index (χ3v) is 15.2. The second-order valence-corrected chi connectivity index (χ2v) is 21.8. The van der Waals surface area contributed by atoms with Crippen LogP contribution in [0.15, 0.2) is 0 Å². The zero-order chi connectivity index (χ0) is 55.1. The molecular formula is C36H56O37S3. The molecule has 0 aromatic rings. The van der Waals surface area contributed by atoms with Crippen molar-refractivity contribution >= 4 is 31.2 Å². The Kier molecular flexibility index (Phi) is 18.0. The Labute approximate surface area is 428 Å². The van der Waals surface area contributed by atoms with Gasteiger partial charge in [0.15, 0.2) is 37.7 Å². The highest BCUT2D eigenvalue weighted by Crippen LogP contribution is 2.42. The van der Waals surface area contributed by atoms with Crippen molar-refractivity contribution < 1.29 is 174 Å². The Morgan fingerprint density at radius 1 is 0.342 bits per heavy atom. The summed E-state index contributed by atoms with van der Waals surface area (Å²) in [7, 11) is -16.2. The van der Waals surface area contributed by atoms with Crippen molar-refractivity contribution in [3.8, 4) is 0 Å². The number of rotatable bonds is 19. The molecule has 0 aliphatic carbocycles. The van der Waals surface area contributed by atoms with Gasteiger partial charge < -0.3 is 122 Å². The van der Waals surface area contributed by atoms with Gasteiger partial charge in [0.05, 0.1) is 39.6 Å². The number of aliphatic hydroxyl groups excluding tert-OH is 11. The van der Waals surface area contributed by atoms with Crippen LogP contribution in [0.3, 0.4) is 0 Å². The quantitative estimate of drug-likeness (QED) is 0.0534. The van der Waals surface area contributed by atoms with Gasteiger partial charge in [0.25, 0.3) is 0 Å². The molecule has 37 nitrogen and oxygen atoms in total. The second-order valence-electron chi connectivity index (χ2n) is 18.6. The Hall–Kier alpha value is -1.39. The fourth-order valence-electron chi connectivity index (χ4n) is 10.3. The fraction of sp³-hybridized carbons (Fsp3) is 1.00. The number of hydrogen-bond donors (Lipinski definition) is 14. The minimum absolute atomic E-state index is 0.196. The van der Waals surface area contributed by atoms with Gasteiger partial charge in [-0.05, 0) is 0 Å². The highest BCUT2D eigenvalue weighted by Gasteiger charge is 2.62. The van der Waals surface area contributed by atoms with Crippen LogP contribution in [0.4, 0.5) is 0 Å². The Balaban J connectivity index is 0.893. The van der Waals surface area contributed by atoms with Gasteiger partial charge in [-0.25, -0.2) is 12.5 Å². The average Bonchev–Trinajstić information content (AvgIpc) is 3.96. The summed E-state index contributed by atoms with van der Waals surface area (Å²) in [5.41, 5.74) is 0. The maximum atomic E-state index is 12.1. The maximum absolute atomic E-state index is 12.1. The van der Waals surface area contributed by atoms with E-state index < -0.39 is 248 Å². The first-order valence-electron chi connectivity index (χ1n) is 23.0. The van der Waals surface area contributed by atoms with Crippen LogP contribution in [-0.2, 0) is 110 Å². The van der Waals surface area contributed by atoms with Crippen LogP contribution in [0.1, 0.15) is 0 Å². The molecule has 0 spiro atoms. The molecule has 9 aliphatic rings. The summed E-state index contributed by atoms with van der Waals surface area (Å²) in [6.45, 7) is -4.34. The lowest BCUT2D eigenvalue weighted by Crippen LogP contribution is -2.67. The number of hydrogen-bond acceptors (Lipinski definition) is 34. The van der Waals surface area contributed by atoms with E-state index in [0.29, 0.717) is 0 Å². The SMILES string of the molecule is O=S(=O)(O)O[C@@H]1[C@H](O[C@H]2O[C@@H]3CO[C@@H]([C@H]3O)[C@H]2O)[C@@H](O)[C@H](O[C@@H]2[C@@H]3OC[C@H]2O[C@H](O[C@@H]2[C@@H](O)[C@H](O[C@@H]4[C@@H]5OC[C@H]4O[C@H](O[C@H]4[C@@H](OS(=O)(=O)O)[C@@H](CO)OC(O)[C@@H]4O)[C@@H]5O)O[C@H](CO)[C@@H]2OS(=O)(=O)O)[C@@H]3O)O[C@@H]1CO. The Bertz CT molecular complexity index is 2320. The summed E-state index contributed by atoms with van der Waals surface area (Å²) >= 11 is 0. The number of aliphatic hydroxyl groups is 11. The molecule has 9 fully saturated rings. The summed E-state index contributed by atoms with van der Waals surface area (Å²) in [6.07, 6.45) is -54.4. The zero-order valence-electron chi connectivity index (χ0n) is 38.4. The standard InChI is InChI=1S/C36H56O37S3/c37-1-7-22(71-74(48,49)50)28(14(41)31(47)60-7)68-33-16(43)26-20(11(64-33)5-58-26)66-36-19(46)30(24(9(3-39)62-36)73-76(54,55)56)70-34-17(44)27-21(12(65-34)6-59-27)67-35-18(45)29(23(8(2-38)61-35)72-75(51,52)53)69-32-15(42)25-13(40)10(63-32)4-57-25/h7-47H,1-6H2,(H,48,49,50)(H,51,52,53)(H,54,55,56)/t7-,8-,9-,10-,11-,12-,13+,14-,15-,16-,17-,18-,19-,20+,21+,22+,23+,24+,25+,26-,27-,28-,29-,30-,31?,32-,33-,34-,35+,36+/m1/s1. The summed E-state index contributed by atoms with van der Waals surface area (Å²) in [5.74, 6) is 0. The monoisotopic (exact) mass is 1180 g/mol. The molecule has 0 amide bonds. The van der Waals surface area contributed by atoms with Crippen LogP contribution in [0.5, 0.6) is 0 Å². The van der Waals surface area contributed by atoms with E-state index in [1.807, 2.05) is 0 Å². The van der Waals surface area contributed by atoms with E-state index in [-0.39, 0.29) is 6.61 Å². The first-order chi connectivity index (χ1) is 35.7. The summed E-state index contributed by atoms with van der Waals surface area (Å²) in [5, 5.41) is 119. The maximum Gasteiger partial charge on any atom is 0.397 e. The molecular weight excluding hydrogens is 1120 g/mol. The van der Waals surface area contributed by atoms with Crippen molar-refractivity contribution in [2.45, 2.75) is 184 Å². The van der Waals surface area contributed by atoms with E-state index in [0.717, 1.165) is 0 Å². The zero-order valence-corrected chi connectivity index (χ0v) is 40.9. The largest absolute Gasteiger partial charge is 0.397 e. The highest BCUT2D eigenvalue weighted by atomic mass is 32.3. The van der Waals surface area contributed by atoms with Gasteiger partial charge in [-0.1, -0.05) is 0 Å². The lowest BCUT2D eigenvalue weighted by molar-refractivity contribution is -0.378. The minimum Gasteiger partial charge on any atom is -0.394 e.